The molecule has 8 rings (SSSR count). The van der Waals surface area contributed by atoms with E-state index in [9.17, 15) is 4.79 Å². The third-order valence-electron chi connectivity index (χ3n) is 11.0. The maximum Gasteiger partial charge on any atom is 0.272 e. The van der Waals surface area contributed by atoms with Crippen LogP contribution in [0.3, 0.4) is 0 Å². The molecule has 0 bridgehead atoms. The molecule has 1 N–H and O–H groups in total. The minimum absolute atomic E-state index is 0.0321. The second-order valence-corrected chi connectivity index (χ2v) is 16.4. The number of aryl methyl sites for hydroxylation is 2. The number of halogens is 1. The largest absolute Gasteiger partial charge is 0.490 e. The van der Waals surface area contributed by atoms with Crippen LogP contribution in [0.1, 0.15) is 106 Å². The molecular formula is C43H42ClN9O2S. The van der Waals surface area contributed by atoms with E-state index in [4.69, 9.17) is 26.6 Å². The number of hydrogen-bond donors (Lipinski definition) is 1. The van der Waals surface area contributed by atoms with Gasteiger partial charge in [-0.2, -0.15) is 5.26 Å². The molecule has 0 spiro atoms. The van der Waals surface area contributed by atoms with Crippen molar-refractivity contribution in [1.29, 1.82) is 5.26 Å². The van der Waals surface area contributed by atoms with Crippen LogP contribution in [0.5, 0.6) is 5.75 Å². The summed E-state index contributed by atoms with van der Waals surface area (Å²) in [7, 11) is 0. The third kappa shape index (κ3) is 7.64. The van der Waals surface area contributed by atoms with Gasteiger partial charge in [-0.3, -0.25) is 14.4 Å². The van der Waals surface area contributed by atoms with Crippen molar-refractivity contribution in [3.8, 4) is 28.7 Å². The van der Waals surface area contributed by atoms with Gasteiger partial charge in [-0.05, 0) is 108 Å². The lowest BCUT2D eigenvalue weighted by atomic mass is 9.93. The lowest BCUT2D eigenvalue weighted by Crippen LogP contribution is -2.40. The van der Waals surface area contributed by atoms with Crippen molar-refractivity contribution < 1.29 is 9.53 Å². The highest BCUT2D eigenvalue weighted by Crippen LogP contribution is 2.38. The number of ether oxygens (including phenoxy) is 1. The SMILES string of the molecule is Cc1sc2c(c1C)C(c1ccc(C#CC3CCN(c4ccc(C(=O)NC5CCC(Oc6ccc(C#N)c(Cl)c6)CC5)nn4)CC3)cc1)=N[C@@H](C)c1nnc(C)n1-2. The van der Waals surface area contributed by atoms with Gasteiger partial charge in [0.2, 0.25) is 0 Å². The summed E-state index contributed by atoms with van der Waals surface area (Å²) in [5.41, 5.74) is 6.18. The zero-order chi connectivity index (χ0) is 38.9. The molecular weight excluding hydrogens is 742 g/mol. The monoisotopic (exact) mass is 783 g/mol. The Labute approximate surface area is 335 Å². The summed E-state index contributed by atoms with van der Waals surface area (Å²) in [6, 6.07) is 19.2. The summed E-state index contributed by atoms with van der Waals surface area (Å²) in [5, 5.41) is 31.3. The number of carbonyl (C=O) groups excluding carboxylic acids is 1. The van der Waals surface area contributed by atoms with E-state index in [1.807, 2.05) is 13.0 Å². The van der Waals surface area contributed by atoms with Crippen LogP contribution in [-0.4, -0.2) is 61.8 Å². The van der Waals surface area contributed by atoms with Crippen LogP contribution in [0.25, 0.3) is 5.00 Å². The Balaban J connectivity index is 0.824. The first-order valence-electron chi connectivity index (χ1n) is 19.1. The number of piperidine rings is 1. The Bertz CT molecular complexity index is 2400. The van der Waals surface area contributed by atoms with E-state index in [1.165, 1.54) is 10.4 Å². The molecule has 1 atom stereocenters. The van der Waals surface area contributed by atoms with Gasteiger partial charge in [-0.1, -0.05) is 35.6 Å². The van der Waals surface area contributed by atoms with Crippen molar-refractivity contribution in [3.05, 3.63) is 110 Å². The quantitative estimate of drug-likeness (QED) is 0.172. The van der Waals surface area contributed by atoms with Crippen LogP contribution < -0.4 is 15.0 Å². The van der Waals surface area contributed by atoms with Crippen molar-refractivity contribution in [1.82, 2.24) is 30.3 Å². The normalized spacial score (nSPS) is 19.4. The molecule has 3 aliphatic rings. The number of thiophene rings is 1. The molecule has 1 aliphatic carbocycles. The number of aromatic nitrogens is 5. The first kappa shape index (κ1) is 37.4. The summed E-state index contributed by atoms with van der Waals surface area (Å²) in [5.74, 6) is 10.2. The predicted octanol–water partition coefficient (Wildman–Crippen LogP) is 7.87. The van der Waals surface area contributed by atoms with E-state index in [-0.39, 0.29) is 30.0 Å². The molecule has 2 fully saturated rings. The summed E-state index contributed by atoms with van der Waals surface area (Å²) in [6.45, 7) is 10.1. The van der Waals surface area contributed by atoms with Crippen molar-refractivity contribution in [2.75, 3.05) is 18.0 Å². The number of nitrogens with zero attached hydrogens (tertiary/aromatic N) is 8. The smallest absolute Gasteiger partial charge is 0.272 e. The van der Waals surface area contributed by atoms with Crippen LogP contribution in [0.2, 0.25) is 5.02 Å². The maximum atomic E-state index is 13.0. The molecule has 1 saturated carbocycles. The third-order valence-corrected chi connectivity index (χ3v) is 12.5. The number of fused-ring (bicyclic) bond motifs is 3. The van der Waals surface area contributed by atoms with Crippen molar-refractivity contribution in [2.45, 2.75) is 84.4 Å². The zero-order valence-corrected chi connectivity index (χ0v) is 33.4. The Kier molecular flexibility index (Phi) is 10.6. The molecule has 0 unspecified atom stereocenters. The fourth-order valence-electron chi connectivity index (χ4n) is 7.68. The first-order valence-corrected chi connectivity index (χ1v) is 20.3. The molecule has 5 aromatic rings. The number of anilines is 1. The second kappa shape index (κ2) is 15.9. The van der Waals surface area contributed by atoms with Gasteiger partial charge < -0.3 is 15.0 Å². The van der Waals surface area contributed by atoms with Crippen LogP contribution in [0.15, 0.2) is 59.6 Å². The fourth-order valence-corrected chi connectivity index (χ4v) is 9.11. The van der Waals surface area contributed by atoms with Crippen molar-refractivity contribution >= 4 is 40.4 Å². The number of nitrogens with one attached hydrogen (secondary N) is 1. The number of hydrogen-bond acceptors (Lipinski definition) is 10. The topological polar surface area (TPSA) is 134 Å². The minimum Gasteiger partial charge on any atom is -0.490 e. The summed E-state index contributed by atoms with van der Waals surface area (Å²) >= 11 is 7.92. The van der Waals surface area contributed by atoms with Gasteiger partial charge in [-0.15, -0.1) is 31.7 Å². The average Bonchev–Trinajstić information content (AvgIpc) is 3.70. The average molecular weight is 784 g/mol. The van der Waals surface area contributed by atoms with E-state index in [0.29, 0.717) is 22.0 Å². The minimum atomic E-state index is -0.215. The van der Waals surface area contributed by atoms with Crippen LogP contribution >= 0.6 is 22.9 Å². The molecule has 2 aliphatic heterocycles. The highest BCUT2D eigenvalue weighted by Gasteiger charge is 2.30. The molecule has 3 aromatic heterocycles. The van der Waals surface area contributed by atoms with E-state index >= 15 is 0 Å². The van der Waals surface area contributed by atoms with Gasteiger partial charge in [0.25, 0.3) is 5.91 Å². The van der Waals surface area contributed by atoms with E-state index in [1.54, 1.807) is 35.6 Å². The van der Waals surface area contributed by atoms with Crippen LogP contribution in [0.4, 0.5) is 5.82 Å². The molecule has 1 saturated heterocycles. The highest BCUT2D eigenvalue weighted by atomic mass is 35.5. The Morgan fingerprint density at radius 3 is 2.41 bits per heavy atom. The number of carbonyl (C=O) groups is 1. The standard InChI is InChI=1S/C43H42ClN9O2S/c1-25-27(3)56-43-39(25)40(46-26(2)41-51-48-28(4)53(41)43)31-9-7-29(8-10-31)5-6-30-19-21-52(22-20-30)38-18-17-37(49-50-38)42(54)47-33-12-15-34(16-13-33)55-35-14-11-32(24-45)36(44)23-35/h7-11,14,17-18,23,26,30,33-34H,12-13,15-16,19-22H2,1-4H3,(H,47,54)/t26-,33?,34?/m0/s1. The molecule has 1 amide bonds. The Morgan fingerprint density at radius 1 is 0.946 bits per heavy atom. The van der Waals surface area contributed by atoms with Crippen molar-refractivity contribution in [2.24, 2.45) is 10.9 Å². The van der Waals surface area contributed by atoms with Gasteiger partial charge in [0.1, 0.15) is 28.7 Å². The number of rotatable bonds is 6. The molecule has 5 heterocycles. The van der Waals surface area contributed by atoms with Gasteiger partial charge >= 0.3 is 0 Å². The summed E-state index contributed by atoms with van der Waals surface area (Å²) in [6.07, 6.45) is 5.09. The van der Waals surface area contributed by atoms with Gasteiger partial charge in [-0.25, -0.2) is 0 Å². The first-order chi connectivity index (χ1) is 27.1. The van der Waals surface area contributed by atoms with E-state index in [2.05, 4.69) is 98.1 Å². The highest BCUT2D eigenvalue weighted by molar-refractivity contribution is 7.15. The second-order valence-electron chi connectivity index (χ2n) is 14.8. The molecule has 0 radical (unpaired) electrons. The lowest BCUT2D eigenvalue weighted by Gasteiger charge is -2.30. The summed E-state index contributed by atoms with van der Waals surface area (Å²) in [4.78, 5) is 21.7. The maximum absolute atomic E-state index is 13.0. The number of nitriles is 1. The van der Waals surface area contributed by atoms with Gasteiger partial charge in [0.05, 0.1) is 22.4 Å². The van der Waals surface area contributed by atoms with Crippen LogP contribution in [-0.2, 0) is 0 Å². The number of amides is 1. The number of aliphatic imine (C=N–C) groups is 1. The number of benzene rings is 2. The van der Waals surface area contributed by atoms with Crippen LogP contribution in [0, 0.1) is 49.9 Å². The fraction of sp³-hybridized carbons (Fsp3) is 0.372. The Morgan fingerprint density at radius 2 is 1.71 bits per heavy atom. The van der Waals surface area contributed by atoms with Gasteiger partial charge in [0, 0.05) is 52.7 Å². The Hall–Kier alpha value is -5.56. The molecule has 13 heteroatoms. The molecule has 56 heavy (non-hydrogen) atoms. The molecule has 2 aromatic carbocycles. The molecule has 11 nitrogen and oxygen atoms in total. The lowest BCUT2D eigenvalue weighted by molar-refractivity contribution is 0.0888. The van der Waals surface area contributed by atoms with E-state index < -0.39 is 0 Å². The molecule has 284 valence electrons. The predicted molar refractivity (Wildman–Crippen MR) is 218 cm³/mol. The summed E-state index contributed by atoms with van der Waals surface area (Å²) < 4.78 is 8.25. The van der Waals surface area contributed by atoms with Gasteiger partial charge in [0.15, 0.2) is 17.3 Å². The van der Waals surface area contributed by atoms with E-state index in [0.717, 1.165) is 96.5 Å². The van der Waals surface area contributed by atoms with Crippen molar-refractivity contribution in [3.63, 3.8) is 0 Å². The zero-order valence-electron chi connectivity index (χ0n) is 31.8.